The van der Waals surface area contributed by atoms with E-state index in [9.17, 15) is 55.9 Å². The number of carbonyl (C=O) groups excluding carboxylic acids is 1. The third kappa shape index (κ3) is 11.5. The molecule has 19 heteroatoms. The van der Waals surface area contributed by atoms with Crippen LogP contribution in [0.4, 0.5) is 0 Å². The molecule has 3 fully saturated rings. The number of allylic oxidation sites excluding steroid dienone is 2. The van der Waals surface area contributed by atoms with Crippen LogP contribution in [0, 0.1) is 5.92 Å². The zero-order valence-electron chi connectivity index (χ0n) is 31.0. The van der Waals surface area contributed by atoms with Crippen LogP contribution < -0.4 is 14.8 Å². The van der Waals surface area contributed by atoms with E-state index in [2.05, 4.69) is 31.3 Å². The first kappa shape index (κ1) is 45.1. The molecule has 19 nitrogen and oxygen atoms in total. The first-order valence-corrected chi connectivity index (χ1v) is 18.4. The fraction of sp³-hybridized carbons (Fsp3) is 0.750. The lowest BCUT2D eigenvalue weighted by atomic mass is 9.96. The van der Waals surface area contributed by atoms with Gasteiger partial charge in [0.1, 0.15) is 73.2 Å². The Balaban J connectivity index is 1.34. The van der Waals surface area contributed by atoms with Crippen molar-refractivity contribution in [1.29, 1.82) is 0 Å². The number of amides is 1. The summed E-state index contributed by atoms with van der Waals surface area (Å²) in [4.78, 5) is 12.4. The highest BCUT2D eigenvalue weighted by Crippen LogP contribution is 2.35. The quantitative estimate of drug-likeness (QED) is 0.0519. The largest absolute Gasteiger partial charge is 0.493 e. The van der Waals surface area contributed by atoms with Crippen molar-refractivity contribution in [2.75, 3.05) is 26.9 Å². The topological polar surface area (TPSA) is 296 Å². The Kier molecular flexibility index (Phi) is 17.4. The van der Waals surface area contributed by atoms with Crippen molar-refractivity contribution in [2.45, 2.75) is 138 Å². The third-order valence-corrected chi connectivity index (χ3v) is 9.58. The molecule has 1 aromatic rings. The lowest BCUT2D eigenvalue weighted by molar-refractivity contribution is -0.376. The zero-order chi connectivity index (χ0) is 40.4. The predicted octanol–water partition coefficient (Wildman–Crippen LogP) is -3.09. The summed E-state index contributed by atoms with van der Waals surface area (Å²) in [7, 11) is 1.38. The molecule has 0 aliphatic carbocycles. The molecule has 0 bridgehead atoms. The van der Waals surface area contributed by atoms with E-state index < -0.39 is 112 Å². The number of carbonyl (C=O) groups is 1. The van der Waals surface area contributed by atoms with Gasteiger partial charge in [0.2, 0.25) is 12.2 Å². The maximum absolute atomic E-state index is 12.4. The van der Waals surface area contributed by atoms with Crippen LogP contribution in [0.5, 0.6) is 11.5 Å². The molecule has 3 saturated heterocycles. The number of rotatable bonds is 18. The van der Waals surface area contributed by atoms with Crippen LogP contribution in [0.1, 0.15) is 45.1 Å². The van der Waals surface area contributed by atoms with Crippen molar-refractivity contribution in [3.05, 3.63) is 35.9 Å². The molecule has 15 atom stereocenters. The van der Waals surface area contributed by atoms with E-state index in [-0.39, 0.29) is 24.0 Å². The van der Waals surface area contributed by atoms with Crippen LogP contribution in [0.25, 0.3) is 0 Å². The Morgan fingerprint density at radius 2 is 1.27 bits per heavy atom. The van der Waals surface area contributed by atoms with Gasteiger partial charge in [-0.15, -0.1) is 0 Å². The molecule has 3 heterocycles. The number of nitrogens with one attached hydrogen (secondary N) is 1. The van der Waals surface area contributed by atoms with E-state index in [4.69, 9.17) is 33.2 Å². The van der Waals surface area contributed by atoms with Crippen molar-refractivity contribution in [1.82, 2.24) is 5.32 Å². The van der Waals surface area contributed by atoms with Gasteiger partial charge >= 0.3 is 0 Å². The average molecular weight is 792 g/mol. The van der Waals surface area contributed by atoms with Gasteiger partial charge in [-0.2, -0.15) is 0 Å². The van der Waals surface area contributed by atoms with Crippen molar-refractivity contribution in [3.63, 3.8) is 0 Å². The van der Waals surface area contributed by atoms with Crippen LogP contribution in [0.3, 0.4) is 0 Å². The maximum atomic E-state index is 12.4. The van der Waals surface area contributed by atoms with Crippen LogP contribution in [0.15, 0.2) is 30.4 Å². The molecule has 0 radical (unpaired) electrons. The lowest BCUT2D eigenvalue weighted by Crippen LogP contribution is -2.66. The molecule has 1 amide bonds. The molecular formula is C36H57NO18. The first-order valence-electron chi connectivity index (χ1n) is 18.4. The number of hydrogen-bond acceptors (Lipinski definition) is 18. The van der Waals surface area contributed by atoms with Gasteiger partial charge in [-0.05, 0) is 42.9 Å². The molecule has 0 spiro atoms. The third-order valence-electron chi connectivity index (χ3n) is 9.58. The lowest BCUT2D eigenvalue weighted by Gasteiger charge is -2.48. The average Bonchev–Trinajstić information content (AvgIpc) is 3.17. The number of ether oxygens (including phenoxy) is 7. The van der Waals surface area contributed by atoms with E-state index in [1.54, 1.807) is 12.1 Å². The Morgan fingerprint density at radius 3 is 1.84 bits per heavy atom. The van der Waals surface area contributed by atoms with E-state index >= 15 is 0 Å². The van der Waals surface area contributed by atoms with Crippen LogP contribution >= 0.6 is 0 Å². The minimum absolute atomic E-state index is 0.0968. The summed E-state index contributed by atoms with van der Waals surface area (Å²) in [5.74, 6) is 0.713. The minimum atomic E-state index is -1.96. The van der Waals surface area contributed by atoms with E-state index in [1.807, 2.05) is 0 Å². The summed E-state index contributed by atoms with van der Waals surface area (Å²) < 4.78 is 39.2. The molecule has 3 aliphatic heterocycles. The normalized spacial score (nSPS) is 36.9. The number of benzene rings is 1. The molecule has 11 N–H and O–H groups in total. The van der Waals surface area contributed by atoms with Gasteiger partial charge in [0.25, 0.3) is 0 Å². The Labute approximate surface area is 318 Å². The van der Waals surface area contributed by atoms with E-state index in [1.165, 1.54) is 13.2 Å². The highest BCUT2D eigenvalue weighted by molar-refractivity contribution is 5.75. The van der Waals surface area contributed by atoms with Crippen molar-refractivity contribution >= 4 is 5.91 Å². The Hall–Kier alpha value is -2.57. The summed E-state index contributed by atoms with van der Waals surface area (Å²) in [5, 5.41) is 107. The summed E-state index contributed by atoms with van der Waals surface area (Å²) in [6.45, 7) is 2.04. The number of methoxy groups -OCH3 is 1. The molecule has 3 aliphatic rings. The summed E-state index contributed by atoms with van der Waals surface area (Å²) in [5.41, 5.74) is 0.694. The fourth-order valence-electron chi connectivity index (χ4n) is 6.39. The van der Waals surface area contributed by atoms with Gasteiger partial charge in [0.15, 0.2) is 24.1 Å². The summed E-state index contributed by atoms with van der Waals surface area (Å²) in [6, 6.07) is 4.80. The van der Waals surface area contributed by atoms with Crippen LogP contribution in [-0.4, -0.2) is 176 Å². The van der Waals surface area contributed by atoms with Crippen LogP contribution in [-0.2, 0) is 35.0 Å². The molecular weight excluding hydrogens is 734 g/mol. The Morgan fingerprint density at radius 1 is 0.727 bits per heavy atom. The SMILES string of the molecule is COc1cc(CNC(=O)CCCC/C=C/C(C)C)ccc1O[C@H]1O[C@H](CO)[C@@H](O[C@H]2O[C@H](CO)[C@@H](O[C@H]3O[C@H](CO)[C@@H](O)[C@H](O)[C@H]3O)[C@H](O)[C@H]2O)[C@H](O)[C@H]1O. The molecule has 55 heavy (non-hydrogen) atoms. The number of unbranched alkanes of at least 4 members (excludes halogenated alkanes) is 2. The standard InChI is InChI=1S/C36H57NO18/c1-17(2)8-6-4-5-7-9-24(41)37-13-18-10-11-19(20(12-18)49-3)50-34-30(47)27(44)32(22(15-39)52-34)55-36-31(48)28(45)33(23(16-40)53-36)54-35-29(46)26(43)25(42)21(14-38)51-35/h6,8,10-12,17,21-23,25-36,38-40,42-48H,4-5,7,9,13-16H2,1-3H3,(H,37,41)/b8-6+/t21-,22-,23-,25-,26+,27-,28-,29-,30-,31-,32-,33-,34+,35-,36-/m1/s1. The second-order valence-electron chi connectivity index (χ2n) is 14.1. The van der Waals surface area contributed by atoms with Crippen molar-refractivity contribution in [2.24, 2.45) is 5.92 Å². The molecule has 0 saturated carbocycles. The summed E-state index contributed by atoms with van der Waals surface area (Å²) >= 11 is 0. The molecule has 314 valence electrons. The zero-order valence-corrected chi connectivity index (χ0v) is 31.0. The summed E-state index contributed by atoms with van der Waals surface area (Å²) in [6.07, 6.45) is -18.2. The molecule has 1 aromatic carbocycles. The number of hydrogen-bond donors (Lipinski definition) is 11. The second kappa shape index (κ2) is 21.3. The molecule has 0 aromatic heterocycles. The highest BCUT2D eigenvalue weighted by atomic mass is 16.8. The van der Waals surface area contributed by atoms with Gasteiger partial charge < -0.3 is 89.5 Å². The second-order valence-corrected chi connectivity index (χ2v) is 14.1. The smallest absolute Gasteiger partial charge is 0.229 e. The van der Waals surface area contributed by atoms with Gasteiger partial charge in [-0.3, -0.25) is 4.79 Å². The number of aliphatic hydroxyl groups is 10. The fourth-order valence-corrected chi connectivity index (χ4v) is 6.39. The predicted molar refractivity (Wildman–Crippen MR) is 187 cm³/mol. The van der Waals surface area contributed by atoms with Crippen molar-refractivity contribution < 1.29 is 89.0 Å². The monoisotopic (exact) mass is 791 g/mol. The maximum Gasteiger partial charge on any atom is 0.229 e. The number of aliphatic hydroxyl groups excluding tert-OH is 10. The van der Waals surface area contributed by atoms with Gasteiger partial charge in [-0.25, -0.2) is 0 Å². The van der Waals surface area contributed by atoms with E-state index in [0.29, 0.717) is 17.9 Å². The van der Waals surface area contributed by atoms with E-state index in [0.717, 1.165) is 19.3 Å². The van der Waals surface area contributed by atoms with Gasteiger partial charge in [0.05, 0.1) is 26.9 Å². The molecule has 4 rings (SSSR count). The Bertz CT molecular complexity index is 1350. The molecule has 0 unspecified atom stereocenters. The highest BCUT2D eigenvalue weighted by Gasteiger charge is 2.53. The van der Waals surface area contributed by atoms with Crippen molar-refractivity contribution in [3.8, 4) is 11.5 Å². The minimum Gasteiger partial charge on any atom is -0.493 e. The van der Waals surface area contributed by atoms with Crippen LogP contribution in [0.2, 0.25) is 0 Å². The first-order chi connectivity index (χ1) is 26.2. The van der Waals surface area contributed by atoms with Gasteiger partial charge in [0, 0.05) is 13.0 Å². The van der Waals surface area contributed by atoms with Gasteiger partial charge in [-0.1, -0.05) is 32.1 Å².